The predicted molar refractivity (Wildman–Crippen MR) is 68.7 cm³/mol. The third-order valence-electron chi connectivity index (χ3n) is 2.44. The van der Waals surface area contributed by atoms with Crippen molar-refractivity contribution in [2.45, 2.75) is 25.8 Å². The Hall–Kier alpha value is -0.220. The SMILES string of the molecule is CCC(C)(CO)Nc1nc(Cl)c(Cl)cc1Cl. The zero-order valence-electron chi connectivity index (χ0n) is 9.02. The summed E-state index contributed by atoms with van der Waals surface area (Å²) < 4.78 is 0. The summed E-state index contributed by atoms with van der Waals surface area (Å²) >= 11 is 17.5. The zero-order chi connectivity index (χ0) is 12.3. The summed E-state index contributed by atoms with van der Waals surface area (Å²) in [6.45, 7) is 3.80. The fraction of sp³-hybridized carbons (Fsp3) is 0.500. The van der Waals surface area contributed by atoms with Gasteiger partial charge in [0, 0.05) is 0 Å². The van der Waals surface area contributed by atoms with E-state index in [0.717, 1.165) is 6.42 Å². The van der Waals surface area contributed by atoms with E-state index in [4.69, 9.17) is 34.8 Å². The molecular formula is C10H13Cl3N2O. The number of nitrogens with one attached hydrogen (secondary N) is 1. The van der Waals surface area contributed by atoms with Crippen molar-refractivity contribution in [2.75, 3.05) is 11.9 Å². The Labute approximate surface area is 110 Å². The van der Waals surface area contributed by atoms with Crippen molar-refractivity contribution in [3.05, 3.63) is 21.3 Å². The highest BCUT2D eigenvalue weighted by Crippen LogP contribution is 2.30. The maximum Gasteiger partial charge on any atom is 0.150 e. The number of anilines is 1. The molecule has 0 spiro atoms. The molecule has 0 aromatic carbocycles. The van der Waals surface area contributed by atoms with Crippen molar-refractivity contribution >= 4 is 40.6 Å². The normalized spacial score (nSPS) is 14.6. The number of hydrogen-bond acceptors (Lipinski definition) is 3. The molecule has 0 bridgehead atoms. The number of nitrogens with zero attached hydrogens (tertiary/aromatic N) is 1. The van der Waals surface area contributed by atoms with E-state index in [0.29, 0.717) is 15.9 Å². The van der Waals surface area contributed by atoms with Crippen LogP contribution in [0.25, 0.3) is 0 Å². The van der Waals surface area contributed by atoms with E-state index in [9.17, 15) is 5.11 Å². The molecule has 0 aliphatic rings. The molecule has 0 amide bonds. The average molecular weight is 284 g/mol. The first-order valence-corrected chi connectivity index (χ1v) is 5.96. The molecule has 6 heteroatoms. The largest absolute Gasteiger partial charge is 0.394 e. The Morgan fingerprint density at radius 1 is 1.38 bits per heavy atom. The van der Waals surface area contributed by atoms with E-state index in [1.54, 1.807) is 0 Å². The first-order valence-electron chi connectivity index (χ1n) is 4.82. The van der Waals surface area contributed by atoms with Crippen molar-refractivity contribution < 1.29 is 5.11 Å². The van der Waals surface area contributed by atoms with Crippen LogP contribution in [-0.4, -0.2) is 22.2 Å². The molecule has 1 unspecified atom stereocenters. The fourth-order valence-corrected chi connectivity index (χ4v) is 1.60. The first-order chi connectivity index (χ1) is 7.41. The minimum absolute atomic E-state index is 0.0260. The molecule has 0 saturated carbocycles. The summed E-state index contributed by atoms with van der Waals surface area (Å²) in [7, 11) is 0. The van der Waals surface area contributed by atoms with E-state index < -0.39 is 5.54 Å². The fourth-order valence-electron chi connectivity index (χ4n) is 1.06. The summed E-state index contributed by atoms with van der Waals surface area (Å²) in [5.74, 6) is 0.425. The van der Waals surface area contributed by atoms with Crippen LogP contribution in [0, 0.1) is 0 Å². The van der Waals surface area contributed by atoms with Crippen LogP contribution in [0.2, 0.25) is 15.2 Å². The molecule has 1 heterocycles. The Balaban J connectivity index is 3.01. The van der Waals surface area contributed by atoms with Gasteiger partial charge in [-0.05, 0) is 19.4 Å². The van der Waals surface area contributed by atoms with E-state index in [-0.39, 0.29) is 11.8 Å². The maximum absolute atomic E-state index is 9.27. The highest BCUT2D eigenvalue weighted by Gasteiger charge is 2.22. The van der Waals surface area contributed by atoms with Crippen LogP contribution in [0.4, 0.5) is 5.82 Å². The number of halogens is 3. The summed E-state index contributed by atoms with van der Waals surface area (Å²) in [5, 5.41) is 13.2. The van der Waals surface area contributed by atoms with Gasteiger partial charge in [-0.3, -0.25) is 0 Å². The van der Waals surface area contributed by atoms with Gasteiger partial charge in [0.25, 0.3) is 0 Å². The standard InChI is InChI=1S/C10H13Cl3N2O/c1-3-10(2,5-16)15-9-7(12)4-6(11)8(13)14-9/h4,16H,3,5H2,1-2H3,(H,14,15). The van der Waals surface area contributed by atoms with Gasteiger partial charge in [-0.2, -0.15) is 0 Å². The van der Waals surface area contributed by atoms with Crippen LogP contribution >= 0.6 is 34.8 Å². The molecule has 0 saturated heterocycles. The van der Waals surface area contributed by atoms with E-state index in [1.807, 2.05) is 13.8 Å². The number of rotatable bonds is 4. The molecule has 1 aromatic heterocycles. The second kappa shape index (κ2) is 5.41. The molecule has 1 rings (SSSR count). The van der Waals surface area contributed by atoms with Gasteiger partial charge in [-0.15, -0.1) is 0 Å². The van der Waals surface area contributed by atoms with Gasteiger partial charge in [0.05, 0.1) is 22.2 Å². The summed E-state index contributed by atoms with van der Waals surface area (Å²) in [5.41, 5.74) is -0.478. The Morgan fingerprint density at radius 3 is 2.50 bits per heavy atom. The van der Waals surface area contributed by atoms with Gasteiger partial charge >= 0.3 is 0 Å². The molecule has 1 atom stereocenters. The lowest BCUT2D eigenvalue weighted by Gasteiger charge is -2.28. The number of aliphatic hydroxyl groups is 1. The van der Waals surface area contributed by atoms with Crippen molar-refractivity contribution in [1.29, 1.82) is 0 Å². The smallest absolute Gasteiger partial charge is 0.150 e. The molecule has 16 heavy (non-hydrogen) atoms. The predicted octanol–water partition coefficient (Wildman–Crippen LogP) is 3.61. The highest BCUT2D eigenvalue weighted by atomic mass is 35.5. The topological polar surface area (TPSA) is 45.1 Å². The summed E-state index contributed by atoms with van der Waals surface area (Å²) in [4.78, 5) is 4.03. The first kappa shape index (κ1) is 13.8. The molecule has 0 aliphatic carbocycles. The number of pyridine rings is 1. The van der Waals surface area contributed by atoms with E-state index >= 15 is 0 Å². The molecule has 3 nitrogen and oxygen atoms in total. The molecule has 0 radical (unpaired) electrons. The zero-order valence-corrected chi connectivity index (χ0v) is 11.3. The number of aromatic nitrogens is 1. The van der Waals surface area contributed by atoms with Gasteiger partial charge in [0.2, 0.25) is 0 Å². The van der Waals surface area contributed by atoms with Gasteiger partial charge < -0.3 is 10.4 Å². The molecule has 2 N–H and O–H groups in total. The molecular weight excluding hydrogens is 270 g/mol. The Bertz CT molecular complexity index is 381. The van der Waals surface area contributed by atoms with Crippen molar-refractivity contribution in [3.63, 3.8) is 0 Å². The third kappa shape index (κ3) is 3.14. The number of aliphatic hydroxyl groups excluding tert-OH is 1. The van der Waals surface area contributed by atoms with Crippen LogP contribution < -0.4 is 5.32 Å². The van der Waals surface area contributed by atoms with E-state index in [2.05, 4.69) is 10.3 Å². The summed E-state index contributed by atoms with van der Waals surface area (Å²) in [6.07, 6.45) is 0.724. The van der Waals surface area contributed by atoms with Crippen molar-refractivity contribution in [3.8, 4) is 0 Å². The van der Waals surface area contributed by atoms with Crippen LogP contribution in [0.3, 0.4) is 0 Å². The third-order valence-corrected chi connectivity index (χ3v) is 3.40. The second-order valence-corrected chi connectivity index (χ2v) is 4.96. The van der Waals surface area contributed by atoms with Crippen LogP contribution in [0.5, 0.6) is 0 Å². The maximum atomic E-state index is 9.27. The number of hydrogen-bond donors (Lipinski definition) is 2. The lowest BCUT2D eigenvalue weighted by molar-refractivity contribution is 0.218. The second-order valence-electron chi connectivity index (χ2n) is 3.79. The molecule has 1 aromatic rings. The van der Waals surface area contributed by atoms with Crippen LogP contribution in [0.15, 0.2) is 6.07 Å². The minimum Gasteiger partial charge on any atom is -0.394 e. The van der Waals surface area contributed by atoms with Crippen LogP contribution in [0.1, 0.15) is 20.3 Å². The monoisotopic (exact) mass is 282 g/mol. The molecule has 90 valence electrons. The lowest BCUT2D eigenvalue weighted by Crippen LogP contribution is -2.38. The van der Waals surface area contributed by atoms with E-state index in [1.165, 1.54) is 6.07 Å². The average Bonchev–Trinajstić information content (AvgIpc) is 2.25. The van der Waals surface area contributed by atoms with Gasteiger partial charge in [-0.1, -0.05) is 41.7 Å². The van der Waals surface area contributed by atoms with Crippen molar-refractivity contribution in [2.24, 2.45) is 0 Å². The Morgan fingerprint density at radius 2 is 2.00 bits per heavy atom. The van der Waals surface area contributed by atoms with Gasteiger partial charge in [0.1, 0.15) is 11.0 Å². The van der Waals surface area contributed by atoms with Crippen LogP contribution in [-0.2, 0) is 0 Å². The Kier molecular flexibility index (Phi) is 4.68. The van der Waals surface area contributed by atoms with Crippen molar-refractivity contribution in [1.82, 2.24) is 4.98 Å². The molecule has 0 fully saturated rings. The highest BCUT2D eigenvalue weighted by molar-refractivity contribution is 6.42. The quantitative estimate of drug-likeness (QED) is 0.830. The summed E-state index contributed by atoms with van der Waals surface area (Å²) in [6, 6.07) is 1.52. The lowest BCUT2D eigenvalue weighted by atomic mass is 10.0. The minimum atomic E-state index is -0.478. The molecule has 0 aliphatic heterocycles. The van der Waals surface area contributed by atoms with Gasteiger partial charge in [-0.25, -0.2) is 4.98 Å². The van der Waals surface area contributed by atoms with Gasteiger partial charge in [0.15, 0.2) is 0 Å².